The van der Waals surface area contributed by atoms with Crippen LogP contribution in [0.2, 0.25) is 0 Å². The van der Waals surface area contributed by atoms with Crippen LogP contribution in [-0.2, 0) is 11.2 Å². The van der Waals surface area contributed by atoms with Gasteiger partial charge in [0, 0.05) is 31.1 Å². The average molecular weight is 426 g/mol. The minimum atomic E-state index is -0.389. The third-order valence-corrected chi connectivity index (χ3v) is 5.22. The minimum Gasteiger partial charge on any atom is -0.497 e. The van der Waals surface area contributed by atoms with E-state index in [0.29, 0.717) is 24.5 Å². The number of aromatic nitrogens is 2. The average Bonchev–Trinajstić information content (AvgIpc) is 3.06. The van der Waals surface area contributed by atoms with Gasteiger partial charge in [0.25, 0.3) is 0 Å². The fraction of sp³-hybridized carbons (Fsp3) is 0.333. The maximum Gasteiger partial charge on any atom is 0.226 e. The molecule has 1 aromatic heterocycles. The predicted molar refractivity (Wildman–Crippen MR) is 118 cm³/mol. The molecule has 0 unspecified atom stereocenters. The molecule has 164 valence electrons. The molecule has 3 aromatic rings. The van der Waals surface area contributed by atoms with Gasteiger partial charge in [0.2, 0.25) is 11.8 Å². The van der Waals surface area contributed by atoms with Crippen LogP contribution in [0.15, 0.2) is 48.5 Å². The largest absolute Gasteiger partial charge is 0.497 e. The van der Waals surface area contributed by atoms with E-state index in [-0.39, 0.29) is 17.8 Å². The van der Waals surface area contributed by atoms with Gasteiger partial charge in [-0.1, -0.05) is 6.07 Å². The van der Waals surface area contributed by atoms with Crippen molar-refractivity contribution in [2.24, 2.45) is 0 Å². The Balaban J connectivity index is 1.98. The van der Waals surface area contributed by atoms with E-state index in [1.807, 2.05) is 45.0 Å². The molecule has 3 rings (SSSR count). The Hall–Kier alpha value is -3.35. The Bertz CT molecular complexity index is 1040. The van der Waals surface area contributed by atoms with Crippen LogP contribution in [0.25, 0.3) is 5.69 Å². The van der Waals surface area contributed by atoms with Crippen LogP contribution >= 0.6 is 0 Å². The summed E-state index contributed by atoms with van der Waals surface area (Å²) in [5, 5.41) is 4.65. The van der Waals surface area contributed by atoms with Gasteiger partial charge in [-0.3, -0.25) is 4.79 Å². The molecular weight excluding hydrogens is 397 g/mol. The molecule has 0 spiro atoms. The SMILES string of the molecule is COc1ccc(-n2nc(C)c(CCC(=O)N(C)C(C)C)c2Oc2cccc(F)c2)cc1. The molecule has 0 saturated heterocycles. The summed E-state index contributed by atoms with van der Waals surface area (Å²) in [7, 11) is 3.40. The molecule has 0 aliphatic heterocycles. The van der Waals surface area contributed by atoms with Crippen LogP contribution in [0.1, 0.15) is 31.5 Å². The van der Waals surface area contributed by atoms with Gasteiger partial charge in [-0.05, 0) is 63.6 Å². The second-order valence-corrected chi connectivity index (χ2v) is 7.64. The van der Waals surface area contributed by atoms with Gasteiger partial charge in [-0.15, -0.1) is 0 Å². The first-order chi connectivity index (χ1) is 14.8. The number of hydrogen-bond acceptors (Lipinski definition) is 4. The second-order valence-electron chi connectivity index (χ2n) is 7.64. The summed E-state index contributed by atoms with van der Waals surface area (Å²) in [6.07, 6.45) is 0.784. The second kappa shape index (κ2) is 9.64. The smallest absolute Gasteiger partial charge is 0.226 e. The Labute approximate surface area is 182 Å². The van der Waals surface area contributed by atoms with Crippen molar-refractivity contribution >= 4 is 5.91 Å². The monoisotopic (exact) mass is 425 g/mol. The predicted octanol–water partition coefficient (Wildman–Crippen LogP) is 4.92. The third kappa shape index (κ3) is 5.23. The van der Waals surface area contributed by atoms with Gasteiger partial charge in [0.15, 0.2) is 0 Å². The minimum absolute atomic E-state index is 0.0447. The van der Waals surface area contributed by atoms with E-state index >= 15 is 0 Å². The number of hydrogen-bond donors (Lipinski definition) is 0. The molecule has 7 heteroatoms. The summed E-state index contributed by atoms with van der Waals surface area (Å²) < 4.78 is 26.7. The highest BCUT2D eigenvalue weighted by molar-refractivity contribution is 5.76. The summed E-state index contributed by atoms with van der Waals surface area (Å²) in [6, 6.07) is 13.5. The molecule has 2 aromatic carbocycles. The first-order valence-electron chi connectivity index (χ1n) is 10.2. The molecule has 6 nitrogen and oxygen atoms in total. The lowest BCUT2D eigenvalue weighted by molar-refractivity contribution is -0.131. The normalized spacial score (nSPS) is 10.9. The third-order valence-electron chi connectivity index (χ3n) is 5.22. The fourth-order valence-corrected chi connectivity index (χ4v) is 3.17. The summed E-state index contributed by atoms with van der Waals surface area (Å²) in [4.78, 5) is 14.2. The van der Waals surface area contributed by atoms with E-state index in [9.17, 15) is 9.18 Å². The van der Waals surface area contributed by atoms with Gasteiger partial charge < -0.3 is 14.4 Å². The highest BCUT2D eigenvalue weighted by Crippen LogP contribution is 2.32. The molecule has 0 atom stereocenters. The Morgan fingerprint density at radius 3 is 2.48 bits per heavy atom. The van der Waals surface area contributed by atoms with E-state index in [2.05, 4.69) is 5.10 Å². The van der Waals surface area contributed by atoms with Crippen LogP contribution in [-0.4, -0.2) is 40.8 Å². The molecule has 1 amide bonds. The van der Waals surface area contributed by atoms with Crippen molar-refractivity contribution in [2.75, 3.05) is 14.2 Å². The number of halogens is 1. The zero-order valence-corrected chi connectivity index (χ0v) is 18.6. The van der Waals surface area contributed by atoms with Crippen molar-refractivity contribution in [3.8, 4) is 23.1 Å². The zero-order chi connectivity index (χ0) is 22.5. The van der Waals surface area contributed by atoms with Crippen LogP contribution in [0.3, 0.4) is 0 Å². The van der Waals surface area contributed by atoms with Crippen molar-refractivity contribution in [3.63, 3.8) is 0 Å². The molecular formula is C24H28FN3O3. The number of ether oxygens (including phenoxy) is 2. The number of aryl methyl sites for hydroxylation is 1. The molecule has 0 N–H and O–H groups in total. The van der Waals surface area contributed by atoms with Crippen LogP contribution in [0.4, 0.5) is 4.39 Å². The summed E-state index contributed by atoms with van der Waals surface area (Å²) >= 11 is 0. The lowest BCUT2D eigenvalue weighted by Gasteiger charge is -2.21. The van der Waals surface area contributed by atoms with E-state index in [0.717, 1.165) is 22.7 Å². The van der Waals surface area contributed by atoms with Crippen LogP contribution in [0.5, 0.6) is 17.4 Å². The highest BCUT2D eigenvalue weighted by Gasteiger charge is 2.21. The van der Waals surface area contributed by atoms with Crippen molar-refractivity contribution in [1.29, 1.82) is 0 Å². The van der Waals surface area contributed by atoms with Crippen molar-refractivity contribution in [2.45, 2.75) is 39.7 Å². The summed E-state index contributed by atoms with van der Waals surface area (Å²) in [5.41, 5.74) is 2.33. The number of amides is 1. The molecule has 0 bridgehead atoms. The molecule has 31 heavy (non-hydrogen) atoms. The maximum atomic E-state index is 13.7. The number of carbonyl (C=O) groups is 1. The topological polar surface area (TPSA) is 56.6 Å². The lowest BCUT2D eigenvalue weighted by atomic mass is 10.1. The molecule has 0 radical (unpaired) electrons. The van der Waals surface area contributed by atoms with E-state index < -0.39 is 0 Å². The van der Waals surface area contributed by atoms with E-state index in [4.69, 9.17) is 9.47 Å². The van der Waals surface area contributed by atoms with Crippen molar-refractivity contribution in [3.05, 3.63) is 65.6 Å². The van der Waals surface area contributed by atoms with Gasteiger partial charge in [-0.2, -0.15) is 5.10 Å². The van der Waals surface area contributed by atoms with E-state index in [1.54, 1.807) is 35.9 Å². The number of methoxy groups -OCH3 is 1. The number of carbonyl (C=O) groups excluding carboxylic acids is 1. The van der Waals surface area contributed by atoms with Crippen molar-refractivity contribution < 1.29 is 18.7 Å². The summed E-state index contributed by atoms with van der Waals surface area (Å²) in [5.74, 6) is 1.21. The molecule has 0 aliphatic rings. The Morgan fingerprint density at radius 1 is 1.16 bits per heavy atom. The van der Waals surface area contributed by atoms with Gasteiger partial charge in [0.1, 0.15) is 17.3 Å². The highest BCUT2D eigenvalue weighted by atomic mass is 19.1. The number of rotatable bonds is 8. The molecule has 0 fully saturated rings. The van der Waals surface area contributed by atoms with Gasteiger partial charge >= 0.3 is 0 Å². The quantitative estimate of drug-likeness (QED) is 0.514. The fourth-order valence-electron chi connectivity index (χ4n) is 3.17. The standard InChI is InChI=1S/C24H28FN3O3/c1-16(2)27(4)23(29)14-13-22-17(3)26-28(19-9-11-20(30-5)12-10-19)24(22)31-21-8-6-7-18(25)15-21/h6-12,15-16H,13-14H2,1-5H3. The lowest BCUT2D eigenvalue weighted by Crippen LogP contribution is -2.33. The van der Waals surface area contributed by atoms with Gasteiger partial charge in [-0.25, -0.2) is 9.07 Å². The Morgan fingerprint density at radius 2 is 1.87 bits per heavy atom. The van der Waals surface area contributed by atoms with Gasteiger partial charge in [0.05, 0.1) is 18.5 Å². The zero-order valence-electron chi connectivity index (χ0n) is 18.6. The van der Waals surface area contributed by atoms with E-state index in [1.165, 1.54) is 12.1 Å². The van der Waals surface area contributed by atoms with Crippen LogP contribution < -0.4 is 9.47 Å². The number of nitrogens with zero attached hydrogens (tertiary/aromatic N) is 3. The first kappa shape index (κ1) is 22.3. The summed E-state index contributed by atoms with van der Waals surface area (Å²) in [6.45, 7) is 5.83. The Kier molecular flexibility index (Phi) is 6.95. The maximum absolute atomic E-state index is 13.7. The van der Waals surface area contributed by atoms with Crippen molar-refractivity contribution in [1.82, 2.24) is 14.7 Å². The molecule has 0 saturated carbocycles. The molecule has 1 heterocycles. The number of benzene rings is 2. The molecule has 0 aliphatic carbocycles. The first-order valence-corrected chi connectivity index (χ1v) is 10.2. The van der Waals surface area contributed by atoms with Crippen LogP contribution in [0, 0.1) is 12.7 Å².